The van der Waals surface area contributed by atoms with Crippen molar-refractivity contribution < 1.29 is 13.2 Å². The summed E-state index contributed by atoms with van der Waals surface area (Å²) >= 11 is 1.97. The first-order chi connectivity index (χ1) is 11.8. The normalized spacial score (nSPS) is 20.8. The first kappa shape index (κ1) is 19.5. The summed E-state index contributed by atoms with van der Waals surface area (Å²) in [6, 6.07) is 4.83. The minimum absolute atomic E-state index is 0.240. The fourth-order valence-corrected chi connectivity index (χ4v) is 3.73. The highest BCUT2D eigenvalue weighted by Crippen LogP contribution is 2.36. The summed E-state index contributed by atoms with van der Waals surface area (Å²) in [7, 11) is 1.70. The average molecular weight is 369 g/mol. The lowest BCUT2D eigenvalue weighted by Crippen LogP contribution is -2.43. The molecule has 136 valence electrons. The number of guanidine groups is 1. The molecule has 0 aromatic heterocycles. The van der Waals surface area contributed by atoms with E-state index in [0.717, 1.165) is 18.7 Å². The highest BCUT2D eigenvalue weighted by atomic mass is 32.2. The lowest BCUT2D eigenvalue weighted by molar-refractivity contribution is -0.137. The predicted octanol–water partition coefficient (Wildman–Crippen LogP) is 3.51. The zero-order valence-corrected chi connectivity index (χ0v) is 15.2. The molecule has 25 heavy (non-hydrogen) atoms. The van der Waals surface area contributed by atoms with Gasteiger partial charge in [0.2, 0.25) is 0 Å². The molecule has 0 amide bonds. The predicted molar refractivity (Wildman–Crippen MR) is 97.8 cm³/mol. The molecule has 1 atom stereocenters. The number of nitrogens with one attached hydrogen (secondary N) is 2. The first-order valence-electron chi connectivity index (χ1n) is 8.07. The van der Waals surface area contributed by atoms with E-state index in [1.165, 1.54) is 30.7 Å². The van der Waals surface area contributed by atoms with Crippen LogP contribution in [-0.2, 0) is 6.18 Å². The molecule has 0 radical (unpaired) electrons. The maximum atomic E-state index is 12.5. The summed E-state index contributed by atoms with van der Waals surface area (Å²) in [6.45, 7) is 3.45. The molecule has 1 fully saturated rings. The van der Waals surface area contributed by atoms with Crippen LogP contribution in [0.2, 0.25) is 0 Å². The number of nitrogens with zero attached hydrogens (tertiary/aromatic N) is 1. The number of alkyl halides is 3. The van der Waals surface area contributed by atoms with E-state index in [4.69, 9.17) is 0 Å². The van der Waals surface area contributed by atoms with Crippen molar-refractivity contribution in [1.82, 2.24) is 10.6 Å². The third-order valence-electron chi connectivity index (χ3n) is 3.94. The van der Waals surface area contributed by atoms with Gasteiger partial charge in [-0.3, -0.25) is 4.99 Å². The number of hydrogen-bond donors (Lipinski definition) is 2. The van der Waals surface area contributed by atoms with Crippen LogP contribution in [0.4, 0.5) is 13.2 Å². The maximum absolute atomic E-state index is 12.5. The average Bonchev–Trinajstić information content (AvgIpc) is 3.01. The molecule has 2 N–H and O–H groups in total. The van der Waals surface area contributed by atoms with Crippen LogP contribution in [0.5, 0.6) is 0 Å². The highest BCUT2D eigenvalue weighted by molar-refractivity contribution is 8.00. The van der Waals surface area contributed by atoms with Crippen molar-refractivity contribution >= 4 is 17.7 Å². The van der Waals surface area contributed by atoms with Gasteiger partial charge in [0.05, 0.1) is 12.1 Å². The molecule has 1 unspecified atom stereocenters. The molecular weight excluding hydrogens is 347 g/mol. The lowest BCUT2D eigenvalue weighted by Gasteiger charge is -2.24. The molecule has 3 nitrogen and oxygen atoms in total. The second kappa shape index (κ2) is 8.52. The van der Waals surface area contributed by atoms with Crippen LogP contribution < -0.4 is 10.6 Å². The number of aliphatic imine (C=N–C) groups is 1. The van der Waals surface area contributed by atoms with Gasteiger partial charge in [-0.2, -0.15) is 24.9 Å². The van der Waals surface area contributed by atoms with E-state index in [0.29, 0.717) is 18.1 Å². The molecule has 0 aliphatic carbocycles. The summed E-state index contributed by atoms with van der Waals surface area (Å²) < 4.78 is 37.7. The van der Waals surface area contributed by atoms with Gasteiger partial charge in [-0.25, -0.2) is 0 Å². The Bertz CT molecular complexity index is 651. The van der Waals surface area contributed by atoms with E-state index in [2.05, 4.69) is 34.4 Å². The molecule has 1 aliphatic heterocycles. The summed E-state index contributed by atoms with van der Waals surface area (Å²) in [4.78, 5) is 4.16. The maximum Gasteiger partial charge on any atom is 0.416 e. The van der Waals surface area contributed by atoms with Crippen LogP contribution >= 0.6 is 11.8 Å². The number of rotatable bonds is 3. The molecule has 0 spiro atoms. The quantitative estimate of drug-likeness (QED) is 0.486. The molecule has 7 heteroatoms. The summed E-state index contributed by atoms with van der Waals surface area (Å²) in [6.07, 6.45) is -1.89. The summed E-state index contributed by atoms with van der Waals surface area (Å²) in [5.41, 5.74) is -0.119. The standard InChI is InChI=1S/C18H22F3N3S/c1-17(10-4-12-25-17)13-24-16(22-2)23-11-3-5-14-6-8-15(9-7-14)18(19,20)21/h6-9H,4,10-13H2,1-2H3,(H2,22,23,24). The smallest absolute Gasteiger partial charge is 0.355 e. The Morgan fingerprint density at radius 1 is 1.28 bits per heavy atom. The van der Waals surface area contributed by atoms with Gasteiger partial charge in [0.25, 0.3) is 0 Å². The third-order valence-corrected chi connectivity index (χ3v) is 5.48. The Hall–Kier alpha value is -1.81. The van der Waals surface area contributed by atoms with Crippen molar-refractivity contribution in [2.45, 2.75) is 30.7 Å². The van der Waals surface area contributed by atoms with Crippen LogP contribution in [0.3, 0.4) is 0 Å². The summed E-state index contributed by atoms with van der Waals surface area (Å²) in [5, 5.41) is 6.39. The lowest BCUT2D eigenvalue weighted by atomic mass is 10.1. The third kappa shape index (κ3) is 6.20. The molecule has 1 saturated heterocycles. The number of hydrogen-bond acceptors (Lipinski definition) is 2. The molecule has 1 aromatic rings. The van der Waals surface area contributed by atoms with E-state index in [-0.39, 0.29) is 4.75 Å². The molecule has 0 saturated carbocycles. The van der Waals surface area contributed by atoms with Crippen molar-refractivity contribution in [3.05, 3.63) is 35.4 Å². The van der Waals surface area contributed by atoms with Crippen LogP contribution in [0.1, 0.15) is 30.9 Å². The van der Waals surface area contributed by atoms with Gasteiger partial charge in [-0.15, -0.1) is 0 Å². The fourth-order valence-electron chi connectivity index (χ4n) is 2.48. The molecule has 0 bridgehead atoms. The second-order valence-corrected chi connectivity index (χ2v) is 7.74. The highest BCUT2D eigenvalue weighted by Gasteiger charge is 2.30. The minimum Gasteiger partial charge on any atom is -0.355 e. The van der Waals surface area contributed by atoms with Crippen molar-refractivity contribution in [2.24, 2.45) is 4.99 Å². The Morgan fingerprint density at radius 3 is 2.56 bits per heavy atom. The Labute approximate surface area is 150 Å². The molecule has 1 heterocycles. The SMILES string of the molecule is CN=C(NCC#Cc1ccc(C(F)(F)F)cc1)NCC1(C)CCCS1. The number of benzene rings is 1. The van der Waals surface area contributed by atoms with Crippen molar-refractivity contribution in [1.29, 1.82) is 0 Å². The van der Waals surface area contributed by atoms with Gasteiger partial charge >= 0.3 is 6.18 Å². The van der Waals surface area contributed by atoms with Crippen molar-refractivity contribution in [3.8, 4) is 11.8 Å². The van der Waals surface area contributed by atoms with Crippen molar-refractivity contribution in [3.63, 3.8) is 0 Å². The van der Waals surface area contributed by atoms with E-state index in [1.807, 2.05) is 11.8 Å². The Morgan fingerprint density at radius 2 is 2.00 bits per heavy atom. The molecule has 2 rings (SSSR count). The topological polar surface area (TPSA) is 36.4 Å². The Kier molecular flexibility index (Phi) is 6.65. The zero-order valence-electron chi connectivity index (χ0n) is 14.3. The van der Waals surface area contributed by atoms with Gasteiger partial charge < -0.3 is 10.6 Å². The number of thioether (sulfide) groups is 1. The minimum atomic E-state index is -4.32. The second-order valence-electron chi connectivity index (χ2n) is 6.06. The fraction of sp³-hybridized carbons (Fsp3) is 0.500. The monoisotopic (exact) mass is 369 g/mol. The largest absolute Gasteiger partial charge is 0.416 e. The van der Waals surface area contributed by atoms with Crippen molar-refractivity contribution in [2.75, 3.05) is 25.9 Å². The van der Waals surface area contributed by atoms with Gasteiger partial charge in [-0.05, 0) is 49.8 Å². The van der Waals surface area contributed by atoms with Crippen LogP contribution in [0.15, 0.2) is 29.3 Å². The van der Waals surface area contributed by atoms with E-state index < -0.39 is 11.7 Å². The first-order valence-corrected chi connectivity index (χ1v) is 9.06. The molecule has 1 aromatic carbocycles. The van der Waals surface area contributed by atoms with E-state index in [9.17, 15) is 13.2 Å². The molecular formula is C18H22F3N3S. The number of halogens is 3. The zero-order chi connectivity index (χ0) is 18.3. The summed E-state index contributed by atoms with van der Waals surface area (Å²) in [5.74, 6) is 7.61. The van der Waals surface area contributed by atoms with Gasteiger partial charge in [0.15, 0.2) is 5.96 Å². The Balaban J connectivity index is 1.80. The van der Waals surface area contributed by atoms with Gasteiger partial charge in [0.1, 0.15) is 0 Å². The van der Waals surface area contributed by atoms with Crippen LogP contribution in [0, 0.1) is 11.8 Å². The van der Waals surface area contributed by atoms with Crippen LogP contribution in [0.25, 0.3) is 0 Å². The van der Waals surface area contributed by atoms with Crippen LogP contribution in [-0.4, -0.2) is 36.6 Å². The van der Waals surface area contributed by atoms with Gasteiger partial charge in [-0.1, -0.05) is 11.8 Å². The van der Waals surface area contributed by atoms with E-state index >= 15 is 0 Å². The van der Waals surface area contributed by atoms with Gasteiger partial charge in [0, 0.05) is 23.9 Å². The molecule has 1 aliphatic rings. The van der Waals surface area contributed by atoms with E-state index in [1.54, 1.807) is 7.05 Å².